The van der Waals surface area contributed by atoms with Crippen molar-refractivity contribution in [2.24, 2.45) is 0 Å². The van der Waals surface area contributed by atoms with E-state index in [1.165, 1.54) is 0 Å². The van der Waals surface area contributed by atoms with E-state index in [4.69, 9.17) is 4.42 Å². The Labute approximate surface area is 170 Å². The lowest BCUT2D eigenvalue weighted by atomic mass is 10.1. The van der Waals surface area contributed by atoms with Crippen LogP contribution in [-0.2, 0) is 29.0 Å². The monoisotopic (exact) mass is 388 g/mol. The van der Waals surface area contributed by atoms with Gasteiger partial charge in [-0.05, 0) is 42.3 Å². The number of benzene rings is 2. The zero-order chi connectivity index (χ0) is 20.2. The van der Waals surface area contributed by atoms with Gasteiger partial charge in [-0.25, -0.2) is 0 Å². The lowest BCUT2D eigenvalue weighted by Gasteiger charge is -2.24. The summed E-state index contributed by atoms with van der Waals surface area (Å²) in [5.74, 6) is 1.84. The number of amides is 2. The first-order valence-corrected chi connectivity index (χ1v) is 9.90. The quantitative estimate of drug-likeness (QED) is 0.704. The van der Waals surface area contributed by atoms with E-state index in [2.05, 4.69) is 5.32 Å². The molecule has 3 aromatic rings. The third-order valence-electron chi connectivity index (χ3n) is 5.25. The number of fused-ring (bicyclic) bond motifs is 1. The first-order chi connectivity index (χ1) is 14.1. The fourth-order valence-electron chi connectivity index (χ4n) is 3.59. The minimum Gasteiger partial charge on any atom is -0.461 e. The summed E-state index contributed by atoms with van der Waals surface area (Å²) in [7, 11) is 0. The molecule has 0 radical (unpaired) electrons. The summed E-state index contributed by atoms with van der Waals surface area (Å²) in [4.78, 5) is 25.6. The van der Waals surface area contributed by atoms with Gasteiger partial charge in [-0.1, -0.05) is 30.3 Å². The Balaban J connectivity index is 1.37. The van der Waals surface area contributed by atoms with Gasteiger partial charge in [0.1, 0.15) is 11.5 Å². The second kappa shape index (κ2) is 8.35. The van der Waals surface area contributed by atoms with Gasteiger partial charge >= 0.3 is 0 Å². The first kappa shape index (κ1) is 19.0. The van der Waals surface area contributed by atoms with Gasteiger partial charge in [-0.15, -0.1) is 0 Å². The highest BCUT2D eigenvalue weighted by atomic mass is 16.3. The van der Waals surface area contributed by atoms with Crippen molar-refractivity contribution in [2.45, 2.75) is 32.7 Å². The number of hydrogen-bond donors (Lipinski definition) is 1. The molecule has 148 valence electrons. The zero-order valence-corrected chi connectivity index (χ0v) is 16.5. The molecule has 0 fully saturated rings. The summed E-state index contributed by atoms with van der Waals surface area (Å²) < 4.78 is 6.00. The number of carbonyl (C=O) groups is 2. The molecule has 0 saturated heterocycles. The van der Waals surface area contributed by atoms with Gasteiger partial charge in [0.25, 0.3) is 0 Å². The normalized spacial score (nSPS) is 13.1. The number of aryl methyl sites for hydroxylation is 1. The molecule has 0 spiro atoms. The van der Waals surface area contributed by atoms with Crippen molar-refractivity contribution >= 4 is 17.5 Å². The van der Waals surface area contributed by atoms with E-state index >= 15 is 0 Å². The zero-order valence-electron chi connectivity index (χ0n) is 16.5. The molecule has 0 saturated carbocycles. The molecule has 1 N–H and O–H groups in total. The number of nitrogens with one attached hydrogen (secondary N) is 1. The van der Waals surface area contributed by atoms with Crippen molar-refractivity contribution in [1.29, 1.82) is 0 Å². The summed E-state index contributed by atoms with van der Waals surface area (Å²) in [6.45, 7) is 2.89. The highest BCUT2D eigenvalue weighted by Crippen LogP contribution is 2.30. The van der Waals surface area contributed by atoms with Crippen molar-refractivity contribution in [3.63, 3.8) is 0 Å². The molecule has 0 aliphatic carbocycles. The van der Waals surface area contributed by atoms with Crippen LogP contribution in [0.3, 0.4) is 0 Å². The van der Waals surface area contributed by atoms with Gasteiger partial charge in [0, 0.05) is 49.7 Å². The topological polar surface area (TPSA) is 62.6 Å². The second-order valence-corrected chi connectivity index (χ2v) is 7.36. The largest absolute Gasteiger partial charge is 0.461 e. The molecule has 29 heavy (non-hydrogen) atoms. The molecule has 1 aromatic heterocycles. The Kier molecular flexibility index (Phi) is 5.47. The maximum Gasteiger partial charge on any atom is 0.224 e. The van der Waals surface area contributed by atoms with Gasteiger partial charge in [0.2, 0.25) is 11.8 Å². The molecule has 5 nitrogen and oxygen atoms in total. The number of carbonyl (C=O) groups excluding carboxylic acids is 2. The van der Waals surface area contributed by atoms with Crippen molar-refractivity contribution in [1.82, 2.24) is 4.90 Å². The summed E-state index contributed by atoms with van der Waals surface area (Å²) in [6, 6.07) is 19.7. The van der Waals surface area contributed by atoms with Crippen molar-refractivity contribution in [3.05, 3.63) is 77.6 Å². The summed E-state index contributed by atoms with van der Waals surface area (Å²) in [5, 5.41) is 2.94. The number of furan rings is 1. The van der Waals surface area contributed by atoms with Crippen molar-refractivity contribution in [2.75, 3.05) is 11.9 Å². The lowest BCUT2D eigenvalue weighted by molar-refractivity contribution is -0.129. The van der Waals surface area contributed by atoms with Crippen LogP contribution < -0.4 is 5.32 Å². The van der Waals surface area contributed by atoms with Crippen LogP contribution in [-0.4, -0.2) is 23.3 Å². The van der Waals surface area contributed by atoms with Crippen LogP contribution in [0.2, 0.25) is 0 Å². The van der Waals surface area contributed by atoms with Gasteiger partial charge in [-0.3, -0.25) is 9.59 Å². The fourth-order valence-corrected chi connectivity index (χ4v) is 3.59. The molecule has 0 unspecified atom stereocenters. The van der Waals surface area contributed by atoms with E-state index in [1.807, 2.05) is 65.6 Å². The molecule has 2 amide bonds. The Morgan fingerprint density at radius 1 is 1.07 bits per heavy atom. The molecule has 1 aliphatic heterocycles. The van der Waals surface area contributed by atoms with E-state index in [9.17, 15) is 9.59 Å². The Morgan fingerprint density at radius 3 is 2.55 bits per heavy atom. The molecule has 0 bridgehead atoms. The minimum atomic E-state index is -0.000565. The summed E-state index contributed by atoms with van der Waals surface area (Å²) in [5.41, 5.74) is 3.95. The van der Waals surface area contributed by atoms with Crippen LogP contribution in [0.25, 0.3) is 11.3 Å². The Hall–Kier alpha value is -3.34. The molecule has 5 heteroatoms. The van der Waals surface area contributed by atoms with Gasteiger partial charge < -0.3 is 14.6 Å². The van der Waals surface area contributed by atoms with E-state index in [0.29, 0.717) is 19.5 Å². The predicted octanol–water partition coefficient (Wildman–Crippen LogP) is 4.42. The van der Waals surface area contributed by atoms with E-state index < -0.39 is 0 Å². The van der Waals surface area contributed by atoms with Gasteiger partial charge in [0.05, 0.1) is 0 Å². The molecular formula is C24H24N2O3. The molecule has 1 aliphatic rings. The third kappa shape index (κ3) is 4.57. The van der Waals surface area contributed by atoms with E-state index in [0.717, 1.165) is 46.7 Å². The van der Waals surface area contributed by atoms with Gasteiger partial charge in [0.15, 0.2) is 0 Å². The average molecular weight is 388 g/mol. The molecule has 2 heterocycles. The highest BCUT2D eigenvalue weighted by Gasteiger charge is 2.22. The number of nitrogens with zero attached hydrogens (tertiary/aromatic N) is 1. The third-order valence-corrected chi connectivity index (χ3v) is 5.25. The smallest absolute Gasteiger partial charge is 0.224 e. The molecule has 2 aromatic carbocycles. The Bertz CT molecular complexity index is 1010. The van der Waals surface area contributed by atoms with Crippen LogP contribution in [0.1, 0.15) is 30.2 Å². The molecular weight excluding hydrogens is 364 g/mol. The number of rotatable bonds is 5. The Morgan fingerprint density at radius 2 is 1.83 bits per heavy atom. The summed E-state index contributed by atoms with van der Waals surface area (Å²) in [6.07, 6.45) is 1.91. The van der Waals surface area contributed by atoms with Crippen LogP contribution >= 0.6 is 0 Å². The molecule has 0 atom stereocenters. The maximum atomic E-state index is 12.2. The van der Waals surface area contributed by atoms with Crippen LogP contribution in [0.15, 0.2) is 65.1 Å². The van der Waals surface area contributed by atoms with E-state index in [-0.39, 0.29) is 11.8 Å². The van der Waals surface area contributed by atoms with Crippen LogP contribution in [0.4, 0.5) is 5.69 Å². The number of hydrogen-bond acceptors (Lipinski definition) is 3. The lowest BCUT2D eigenvalue weighted by Crippen LogP contribution is -2.33. The average Bonchev–Trinajstić information content (AvgIpc) is 3.17. The van der Waals surface area contributed by atoms with Crippen LogP contribution in [0.5, 0.6) is 0 Å². The van der Waals surface area contributed by atoms with E-state index in [1.54, 1.807) is 6.92 Å². The maximum absolute atomic E-state index is 12.2. The van der Waals surface area contributed by atoms with Crippen molar-refractivity contribution in [3.8, 4) is 11.3 Å². The highest BCUT2D eigenvalue weighted by molar-refractivity contribution is 5.91. The predicted molar refractivity (Wildman–Crippen MR) is 112 cm³/mol. The fraction of sp³-hybridized carbons (Fsp3) is 0.250. The van der Waals surface area contributed by atoms with Crippen LogP contribution in [0, 0.1) is 0 Å². The summed E-state index contributed by atoms with van der Waals surface area (Å²) >= 11 is 0. The second-order valence-electron chi connectivity index (χ2n) is 7.36. The minimum absolute atomic E-state index is 0.000565. The SMILES string of the molecule is CC(=O)N1CCc2oc(-c3ccc(NC(=O)CCc4ccccc4)cc3)cc2C1. The number of anilines is 1. The van der Waals surface area contributed by atoms with Crippen molar-refractivity contribution < 1.29 is 14.0 Å². The standard InChI is InChI=1S/C24H24N2O3/c1-17(27)26-14-13-22-20(16-26)15-23(29-22)19-8-10-21(11-9-19)25-24(28)12-7-18-5-3-2-4-6-18/h2-6,8-11,15H,7,12-14,16H2,1H3,(H,25,28). The molecule has 4 rings (SSSR count). The van der Waals surface area contributed by atoms with Gasteiger partial charge in [-0.2, -0.15) is 0 Å². The first-order valence-electron chi connectivity index (χ1n) is 9.90.